The summed E-state index contributed by atoms with van der Waals surface area (Å²) in [5.74, 6) is 0. The lowest BCUT2D eigenvalue weighted by atomic mass is 9.77. The van der Waals surface area contributed by atoms with Gasteiger partial charge < -0.3 is 4.90 Å². The van der Waals surface area contributed by atoms with Gasteiger partial charge >= 0.3 is 0 Å². The summed E-state index contributed by atoms with van der Waals surface area (Å²) in [6, 6.07) is 33.2. The van der Waals surface area contributed by atoms with Crippen molar-refractivity contribution in [2.75, 3.05) is 4.90 Å². The largest absolute Gasteiger partial charge is 0.311 e. The quantitative estimate of drug-likeness (QED) is 0.235. The molecule has 3 heteroatoms. The first-order valence-corrected chi connectivity index (χ1v) is 13.5. The lowest BCUT2D eigenvalue weighted by molar-refractivity contribution is 0.484. The number of halogens is 2. The van der Waals surface area contributed by atoms with Crippen molar-refractivity contribution < 1.29 is 0 Å². The van der Waals surface area contributed by atoms with E-state index in [4.69, 9.17) is 0 Å². The maximum atomic E-state index is 3.57. The van der Waals surface area contributed by atoms with Crippen molar-refractivity contribution in [3.63, 3.8) is 0 Å². The van der Waals surface area contributed by atoms with Gasteiger partial charge in [-0.2, -0.15) is 0 Å². The number of hydrogen-bond acceptors (Lipinski definition) is 1. The van der Waals surface area contributed by atoms with Gasteiger partial charge in [-0.1, -0.05) is 76.0 Å². The standard InChI is InChI=1S/C31H27Br2N/c1-30-17-18-31(2,20-30)29-19-22(5-16-28(29)30)21-3-10-25(11-4-21)34(26-12-6-23(32)7-13-26)27-14-8-24(33)9-15-27/h3-16,19H,17-18,20H2,1-2H3. The van der Waals surface area contributed by atoms with E-state index < -0.39 is 0 Å². The molecule has 0 spiro atoms. The van der Waals surface area contributed by atoms with Crippen LogP contribution in [0.1, 0.15) is 44.2 Å². The molecule has 0 aliphatic heterocycles. The van der Waals surface area contributed by atoms with Crippen LogP contribution < -0.4 is 4.90 Å². The van der Waals surface area contributed by atoms with Crippen molar-refractivity contribution in [1.82, 2.24) is 0 Å². The fraction of sp³-hybridized carbons (Fsp3) is 0.226. The van der Waals surface area contributed by atoms with Gasteiger partial charge in [-0.25, -0.2) is 0 Å². The van der Waals surface area contributed by atoms with E-state index in [1.807, 2.05) is 0 Å². The highest BCUT2D eigenvalue weighted by Crippen LogP contribution is 2.60. The Balaban J connectivity index is 1.38. The molecule has 2 unspecified atom stereocenters. The van der Waals surface area contributed by atoms with Crippen LogP contribution in [0.15, 0.2) is 99.9 Å². The van der Waals surface area contributed by atoms with Gasteiger partial charge in [0, 0.05) is 26.0 Å². The number of anilines is 3. The van der Waals surface area contributed by atoms with Crippen LogP contribution in [0.4, 0.5) is 17.1 Å². The van der Waals surface area contributed by atoms with Crippen molar-refractivity contribution >= 4 is 48.9 Å². The summed E-state index contributed by atoms with van der Waals surface area (Å²) < 4.78 is 2.16. The van der Waals surface area contributed by atoms with Crippen LogP contribution in [-0.4, -0.2) is 0 Å². The number of nitrogens with zero attached hydrogens (tertiary/aromatic N) is 1. The second-order valence-corrected chi connectivity index (χ2v) is 12.2. The summed E-state index contributed by atoms with van der Waals surface area (Å²) in [5.41, 5.74) is 9.89. The highest BCUT2D eigenvalue weighted by molar-refractivity contribution is 9.10. The second-order valence-electron chi connectivity index (χ2n) is 10.4. The van der Waals surface area contributed by atoms with Gasteiger partial charge in [-0.15, -0.1) is 0 Å². The molecule has 6 rings (SSSR count). The predicted molar refractivity (Wildman–Crippen MR) is 151 cm³/mol. The molecule has 2 aliphatic carbocycles. The lowest BCUT2D eigenvalue weighted by Gasteiger charge is -2.28. The molecule has 0 heterocycles. The Kier molecular flexibility index (Phi) is 5.27. The third-order valence-electron chi connectivity index (χ3n) is 7.96. The first-order chi connectivity index (χ1) is 16.3. The minimum atomic E-state index is 0.347. The van der Waals surface area contributed by atoms with Gasteiger partial charge in [0.2, 0.25) is 0 Å². The zero-order valence-corrected chi connectivity index (χ0v) is 22.7. The molecule has 4 aromatic carbocycles. The number of rotatable bonds is 4. The van der Waals surface area contributed by atoms with Crippen LogP contribution in [0.2, 0.25) is 0 Å². The Morgan fingerprint density at radius 2 is 1.00 bits per heavy atom. The van der Waals surface area contributed by atoms with E-state index in [1.165, 1.54) is 30.4 Å². The van der Waals surface area contributed by atoms with Crippen LogP contribution in [0.25, 0.3) is 11.1 Å². The van der Waals surface area contributed by atoms with Crippen molar-refractivity contribution in [2.24, 2.45) is 0 Å². The maximum absolute atomic E-state index is 3.57. The van der Waals surface area contributed by atoms with Gasteiger partial charge in [0.25, 0.3) is 0 Å². The first kappa shape index (κ1) is 22.1. The van der Waals surface area contributed by atoms with Crippen LogP contribution in [0.5, 0.6) is 0 Å². The van der Waals surface area contributed by atoms with Crippen molar-refractivity contribution in [3.05, 3.63) is 111 Å². The van der Waals surface area contributed by atoms with Crippen molar-refractivity contribution in [1.29, 1.82) is 0 Å². The minimum Gasteiger partial charge on any atom is -0.311 e. The van der Waals surface area contributed by atoms with E-state index in [0.29, 0.717) is 10.8 Å². The molecule has 2 atom stereocenters. The van der Waals surface area contributed by atoms with Crippen LogP contribution in [-0.2, 0) is 10.8 Å². The van der Waals surface area contributed by atoms with E-state index in [-0.39, 0.29) is 0 Å². The summed E-state index contributed by atoms with van der Waals surface area (Å²) in [6.07, 6.45) is 3.94. The fourth-order valence-electron chi connectivity index (χ4n) is 6.23. The highest BCUT2D eigenvalue weighted by atomic mass is 79.9. The zero-order valence-electron chi connectivity index (χ0n) is 19.5. The van der Waals surface area contributed by atoms with Gasteiger partial charge in [0.05, 0.1) is 0 Å². The molecule has 0 N–H and O–H groups in total. The van der Waals surface area contributed by atoms with Gasteiger partial charge in [0.15, 0.2) is 0 Å². The Labute approximate surface area is 219 Å². The summed E-state index contributed by atoms with van der Waals surface area (Å²) in [7, 11) is 0. The van der Waals surface area contributed by atoms with Gasteiger partial charge in [-0.05, 0) is 113 Å². The number of benzene rings is 4. The third-order valence-corrected chi connectivity index (χ3v) is 9.01. The zero-order chi connectivity index (χ0) is 23.5. The van der Waals surface area contributed by atoms with E-state index in [0.717, 1.165) is 26.0 Å². The van der Waals surface area contributed by atoms with E-state index in [9.17, 15) is 0 Å². The number of fused-ring (bicyclic) bond motifs is 5. The van der Waals surface area contributed by atoms with Gasteiger partial charge in [-0.3, -0.25) is 0 Å². The SMILES string of the molecule is CC12CCC(C)(C1)c1cc(-c3ccc(N(c4ccc(Br)cc4)c4ccc(Br)cc4)cc3)ccc12. The van der Waals surface area contributed by atoms with Crippen LogP contribution in [0.3, 0.4) is 0 Å². The summed E-state index contributed by atoms with van der Waals surface area (Å²) in [4.78, 5) is 2.30. The molecular formula is C31H27Br2N. The number of hydrogen-bond donors (Lipinski definition) is 0. The monoisotopic (exact) mass is 571 g/mol. The summed E-state index contributed by atoms with van der Waals surface area (Å²) >= 11 is 7.14. The molecule has 1 fully saturated rings. The van der Waals surface area contributed by atoms with Crippen molar-refractivity contribution in [3.8, 4) is 11.1 Å². The molecule has 0 amide bonds. The average molecular weight is 573 g/mol. The third kappa shape index (κ3) is 3.65. The molecular weight excluding hydrogens is 546 g/mol. The molecule has 2 bridgehead atoms. The molecule has 4 aromatic rings. The second kappa shape index (κ2) is 8.10. The van der Waals surface area contributed by atoms with E-state index >= 15 is 0 Å². The van der Waals surface area contributed by atoms with Crippen LogP contribution in [0, 0.1) is 0 Å². The molecule has 2 aliphatic rings. The Hall–Kier alpha value is -2.36. The molecule has 0 radical (unpaired) electrons. The Morgan fingerprint density at radius 1 is 0.559 bits per heavy atom. The van der Waals surface area contributed by atoms with Gasteiger partial charge in [0.1, 0.15) is 0 Å². The summed E-state index contributed by atoms with van der Waals surface area (Å²) in [6.45, 7) is 4.92. The topological polar surface area (TPSA) is 3.24 Å². The van der Waals surface area contributed by atoms with E-state index in [1.54, 1.807) is 11.1 Å². The lowest BCUT2D eigenvalue weighted by Crippen LogP contribution is -2.17. The molecule has 0 saturated heterocycles. The molecule has 34 heavy (non-hydrogen) atoms. The summed E-state index contributed by atoms with van der Waals surface area (Å²) in [5, 5.41) is 0. The molecule has 0 aromatic heterocycles. The molecule has 1 nitrogen and oxygen atoms in total. The first-order valence-electron chi connectivity index (χ1n) is 11.9. The fourth-order valence-corrected chi connectivity index (χ4v) is 6.76. The highest BCUT2D eigenvalue weighted by Gasteiger charge is 2.52. The Bertz CT molecular complexity index is 1310. The Morgan fingerprint density at radius 3 is 1.53 bits per heavy atom. The smallest absolute Gasteiger partial charge is 0.0462 e. The molecule has 1 saturated carbocycles. The predicted octanol–water partition coefficient (Wildman–Crippen LogP) is 10.1. The van der Waals surface area contributed by atoms with E-state index in [2.05, 4.69) is 142 Å². The molecule has 170 valence electrons. The minimum absolute atomic E-state index is 0.347. The average Bonchev–Trinajstić information content (AvgIpc) is 3.29. The normalized spacial score (nSPS) is 22.6. The van der Waals surface area contributed by atoms with Crippen molar-refractivity contribution in [2.45, 2.75) is 43.9 Å². The van der Waals surface area contributed by atoms with Crippen LogP contribution >= 0.6 is 31.9 Å². The maximum Gasteiger partial charge on any atom is 0.0462 e.